The van der Waals surface area contributed by atoms with E-state index in [0.29, 0.717) is 12.5 Å². The van der Waals surface area contributed by atoms with Crippen molar-refractivity contribution < 1.29 is 9.53 Å². The van der Waals surface area contributed by atoms with Crippen LogP contribution < -0.4 is 15.4 Å². The number of carbonyl (C=O) groups excluding carboxylic acids is 1. The molecule has 2 aromatic carbocycles. The fourth-order valence-corrected chi connectivity index (χ4v) is 2.38. The van der Waals surface area contributed by atoms with Crippen molar-refractivity contribution in [2.24, 2.45) is 5.92 Å². The molecule has 134 valence electrons. The van der Waals surface area contributed by atoms with Gasteiger partial charge in [0.1, 0.15) is 5.75 Å². The SMILES string of the molecule is Cc1ccc(C)c(NCC(=O)Nc2cccc(OCCC(C)C)c2)c1. The predicted molar refractivity (Wildman–Crippen MR) is 104 cm³/mol. The molecule has 0 aliphatic rings. The summed E-state index contributed by atoms with van der Waals surface area (Å²) >= 11 is 0. The van der Waals surface area contributed by atoms with Crippen molar-refractivity contribution >= 4 is 17.3 Å². The van der Waals surface area contributed by atoms with Crippen molar-refractivity contribution in [2.45, 2.75) is 34.1 Å². The molecule has 2 rings (SSSR count). The largest absolute Gasteiger partial charge is 0.494 e. The van der Waals surface area contributed by atoms with Crippen molar-refractivity contribution in [3.8, 4) is 5.75 Å². The zero-order valence-electron chi connectivity index (χ0n) is 15.6. The molecule has 0 saturated carbocycles. The van der Waals surface area contributed by atoms with Gasteiger partial charge in [-0.05, 0) is 55.5 Å². The molecule has 0 fully saturated rings. The van der Waals surface area contributed by atoms with Crippen LogP contribution in [0.3, 0.4) is 0 Å². The Hall–Kier alpha value is -2.49. The molecule has 4 nitrogen and oxygen atoms in total. The highest BCUT2D eigenvalue weighted by molar-refractivity contribution is 5.94. The molecule has 0 aliphatic carbocycles. The Bertz CT molecular complexity index is 711. The molecule has 25 heavy (non-hydrogen) atoms. The van der Waals surface area contributed by atoms with Gasteiger partial charge in [-0.3, -0.25) is 4.79 Å². The summed E-state index contributed by atoms with van der Waals surface area (Å²) in [6, 6.07) is 13.7. The Morgan fingerprint density at radius 3 is 2.68 bits per heavy atom. The van der Waals surface area contributed by atoms with Gasteiger partial charge >= 0.3 is 0 Å². The highest BCUT2D eigenvalue weighted by Crippen LogP contribution is 2.19. The Morgan fingerprint density at radius 1 is 1.12 bits per heavy atom. The van der Waals surface area contributed by atoms with Gasteiger partial charge in [0.25, 0.3) is 0 Å². The van der Waals surface area contributed by atoms with Crippen LogP contribution in [0.1, 0.15) is 31.4 Å². The minimum Gasteiger partial charge on any atom is -0.494 e. The average Bonchev–Trinajstić information content (AvgIpc) is 2.56. The first kappa shape index (κ1) is 18.8. The van der Waals surface area contributed by atoms with Crippen LogP contribution in [-0.4, -0.2) is 19.1 Å². The summed E-state index contributed by atoms with van der Waals surface area (Å²) in [6.07, 6.45) is 1.01. The number of benzene rings is 2. The van der Waals surface area contributed by atoms with Crippen LogP contribution in [0, 0.1) is 19.8 Å². The number of nitrogens with one attached hydrogen (secondary N) is 2. The number of aryl methyl sites for hydroxylation is 2. The van der Waals surface area contributed by atoms with E-state index in [0.717, 1.165) is 29.1 Å². The molecule has 0 radical (unpaired) electrons. The summed E-state index contributed by atoms with van der Waals surface area (Å²) in [5.41, 5.74) is 4.02. The number of rotatable bonds is 8. The number of carbonyl (C=O) groups is 1. The summed E-state index contributed by atoms with van der Waals surface area (Å²) in [7, 11) is 0. The number of amides is 1. The molecule has 0 aliphatic heterocycles. The van der Waals surface area contributed by atoms with E-state index >= 15 is 0 Å². The quantitative estimate of drug-likeness (QED) is 0.727. The van der Waals surface area contributed by atoms with Crippen molar-refractivity contribution in [1.82, 2.24) is 0 Å². The molecule has 2 N–H and O–H groups in total. The van der Waals surface area contributed by atoms with Crippen molar-refractivity contribution in [3.05, 3.63) is 53.6 Å². The minimum absolute atomic E-state index is 0.0831. The van der Waals surface area contributed by atoms with Gasteiger partial charge in [0.15, 0.2) is 0 Å². The standard InChI is InChI=1S/C21H28N2O2/c1-15(2)10-11-25-19-7-5-6-18(13-19)23-21(24)14-22-20-12-16(3)8-9-17(20)4/h5-9,12-13,15,22H,10-11,14H2,1-4H3,(H,23,24). The van der Waals surface area contributed by atoms with Gasteiger partial charge in [0, 0.05) is 17.4 Å². The van der Waals surface area contributed by atoms with E-state index in [1.165, 1.54) is 5.56 Å². The molecule has 1 amide bonds. The number of anilines is 2. The topological polar surface area (TPSA) is 50.4 Å². The monoisotopic (exact) mass is 340 g/mol. The second-order valence-electron chi connectivity index (χ2n) is 6.78. The second kappa shape index (κ2) is 9.11. The number of ether oxygens (including phenoxy) is 1. The fraction of sp³-hybridized carbons (Fsp3) is 0.381. The van der Waals surface area contributed by atoms with Gasteiger partial charge in [0.05, 0.1) is 13.2 Å². The van der Waals surface area contributed by atoms with Crippen molar-refractivity contribution in [3.63, 3.8) is 0 Å². The van der Waals surface area contributed by atoms with Gasteiger partial charge in [-0.1, -0.05) is 32.0 Å². The van der Waals surface area contributed by atoms with E-state index in [4.69, 9.17) is 4.74 Å². The molecule has 2 aromatic rings. The molecule has 0 heterocycles. The fourth-order valence-electron chi connectivity index (χ4n) is 2.38. The molecule has 0 bridgehead atoms. The van der Waals surface area contributed by atoms with Gasteiger partial charge in [-0.2, -0.15) is 0 Å². The van der Waals surface area contributed by atoms with Crippen LogP contribution in [0.25, 0.3) is 0 Å². The predicted octanol–water partition coefficient (Wildman–Crippen LogP) is 4.78. The Labute approximate surface area is 150 Å². The first-order chi connectivity index (χ1) is 11.9. The minimum atomic E-state index is -0.0831. The van der Waals surface area contributed by atoms with Crippen LogP contribution in [0.2, 0.25) is 0 Å². The van der Waals surface area contributed by atoms with Crippen molar-refractivity contribution in [1.29, 1.82) is 0 Å². The second-order valence-corrected chi connectivity index (χ2v) is 6.78. The molecule has 0 saturated heterocycles. The van der Waals surface area contributed by atoms with E-state index in [1.54, 1.807) is 0 Å². The Balaban J connectivity index is 1.86. The molecule has 4 heteroatoms. The molecular weight excluding hydrogens is 312 g/mol. The van der Waals surface area contributed by atoms with Gasteiger partial charge < -0.3 is 15.4 Å². The maximum atomic E-state index is 12.2. The maximum absolute atomic E-state index is 12.2. The summed E-state index contributed by atoms with van der Waals surface area (Å²) in [5.74, 6) is 1.31. The van der Waals surface area contributed by atoms with E-state index in [1.807, 2.05) is 50.2 Å². The lowest BCUT2D eigenvalue weighted by atomic mass is 10.1. The van der Waals surface area contributed by atoms with E-state index in [-0.39, 0.29) is 12.5 Å². The normalized spacial score (nSPS) is 10.6. The first-order valence-electron chi connectivity index (χ1n) is 8.78. The van der Waals surface area contributed by atoms with Gasteiger partial charge in [0.2, 0.25) is 5.91 Å². The lowest BCUT2D eigenvalue weighted by molar-refractivity contribution is -0.114. The molecular formula is C21H28N2O2. The van der Waals surface area contributed by atoms with E-state index in [9.17, 15) is 4.79 Å². The maximum Gasteiger partial charge on any atom is 0.243 e. The van der Waals surface area contributed by atoms with Gasteiger partial charge in [-0.15, -0.1) is 0 Å². The molecule has 0 spiro atoms. The Kier molecular flexibility index (Phi) is 6.87. The Morgan fingerprint density at radius 2 is 1.92 bits per heavy atom. The molecule has 0 atom stereocenters. The third-order valence-corrected chi connectivity index (χ3v) is 3.91. The summed E-state index contributed by atoms with van der Waals surface area (Å²) in [6.45, 7) is 9.31. The van der Waals surface area contributed by atoms with Gasteiger partial charge in [-0.25, -0.2) is 0 Å². The van der Waals surface area contributed by atoms with Crippen molar-refractivity contribution in [2.75, 3.05) is 23.8 Å². The number of hydrogen-bond acceptors (Lipinski definition) is 3. The third kappa shape index (κ3) is 6.49. The smallest absolute Gasteiger partial charge is 0.243 e. The van der Waals surface area contributed by atoms with Crippen LogP contribution in [0.5, 0.6) is 5.75 Å². The molecule has 0 unspecified atom stereocenters. The lowest BCUT2D eigenvalue weighted by Gasteiger charge is -2.12. The number of hydrogen-bond donors (Lipinski definition) is 2. The van der Waals surface area contributed by atoms with Crippen LogP contribution in [0.4, 0.5) is 11.4 Å². The van der Waals surface area contributed by atoms with Crippen LogP contribution in [-0.2, 0) is 4.79 Å². The summed E-state index contributed by atoms with van der Waals surface area (Å²) in [5, 5.41) is 6.10. The highest BCUT2D eigenvalue weighted by Gasteiger charge is 2.05. The van der Waals surface area contributed by atoms with Crippen LogP contribution in [0.15, 0.2) is 42.5 Å². The molecule has 0 aromatic heterocycles. The zero-order chi connectivity index (χ0) is 18.2. The van der Waals surface area contributed by atoms with E-state index < -0.39 is 0 Å². The van der Waals surface area contributed by atoms with E-state index in [2.05, 4.69) is 30.5 Å². The zero-order valence-corrected chi connectivity index (χ0v) is 15.6. The van der Waals surface area contributed by atoms with Crippen LogP contribution >= 0.6 is 0 Å². The average molecular weight is 340 g/mol. The summed E-state index contributed by atoms with van der Waals surface area (Å²) in [4.78, 5) is 12.2. The highest BCUT2D eigenvalue weighted by atomic mass is 16.5. The third-order valence-electron chi connectivity index (χ3n) is 3.91. The first-order valence-corrected chi connectivity index (χ1v) is 8.78. The summed E-state index contributed by atoms with van der Waals surface area (Å²) < 4.78 is 5.73. The lowest BCUT2D eigenvalue weighted by Crippen LogP contribution is -2.22.